The van der Waals surface area contributed by atoms with Gasteiger partial charge in [-0.05, 0) is 18.6 Å². The molecule has 1 aromatic carbocycles. The molecule has 2 rings (SSSR count). The molecule has 0 atom stereocenters. The van der Waals surface area contributed by atoms with Crippen molar-refractivity contribution < 1.29 is 19.1 Å². The van der Waals surface area contributed by atoms with Crippen LogP contribution in [0.25, 0.3) is 11.0 Å². The Morgan fingerprint density at radius 2 is 2.16 bits per heavy atom. The van der Waals surface area contributed by atoms with Gasteiger partial charge in [-0.2, -0.15) is 0 Å². The van der Waals surface area contributed by atoms with Crippen LogP contribution in [0, 0.1) is 6.92 Å². The highest BCUT2D eigenvalue weighted by molar-refractivity contribution is 6.32. The first-order valence-electron chi connectivity index (χ1n) is 5.45. The zero-order valence-electron chi connectivity index (χ0n) is 10.3. The van der Waals surface area contributed by atoms with Crippen LogP contribution >= 0.6 is 11.6 Å². The number of fused-ring (bicyclic) bond motifs is 1. The number of benzene rings is 1. The SMILES string of the molecule is COc1cc2oc(=O)c(CC(=O)O)c(C)c2cc1Cl. The Morgan fingerprint density at radius 3 is 2.74 bits per heavy atom. The third-order valence-corrected chi connectivity index (χ3v) is 3.18. The van der Waals surface area contributed by atoms with Gasteiger partial charge in [-0.1, -0.05) is 11.6 Å². The molecule has 6 heteroatoms. The summed E-state index contributed by atoms with van der Waals surface area (Å²) in [4.78, 5) is 22.5. The van der Waals surface area contributed by atoms with Crippen LogP contribution in [0.2, 0.25) is 5.02 Å². The van der Waals surface area contributed by atoms with Gasteiger partial charge in [0.1, 0.15) is 11.3 Å². The standard InChI is InChI=1S/C13H11ClO5/c1-6-7-3-9(14)11(18-2)5-10(7)19-13(17)8(6)4-12(15)16/h3,5H,4H2,1-2H3,(H,15,16). The molecular formula is C13H11ClO5. The topological polar surface area (TPSA) is 76.7 Å². The predicted octanol–water partition coefficient (Wildman–Crippen LogP) is 2.39. The van der Waals surface area contributed by atoms with E-state index in [2.05, 4.69) is 0 Å². The van der Waals surface area contributed by atoms with Gasteiger partial charge in [-0.15, -0.1) is 0 Å². The Balaban J connectivity index is 2.77. The van der Waals surface area contributed by atoms with Crippen LogP contribution in [0.5, 0.6) is 5.75 Å². The molecule has 0 aliphatic rings. The second-order valence-corrected chi connectivity index (χ2v) is 4.45. The highest BCUT2D eigenvalue weighted by atomic mass is 35.5. The van der Waals surface area contributed by atoms with Crippen molar-refractivity contribution >= 4 is 28.5 Å². The molecule has 0 saturated heterocycles. The average Bonchev–Trinajstić information content (AvgIpc) is 2.35. The maximum Gasteiger partial charge on any atom is 0.340 e. The van der Waals surface area contributed by atoms with Crippen LogP contribution in [-0.4, -0.2) is 18.2 Å². The minimum Gasteiger partial charge on any atom is -0.495 e. The van der Waals surface area contributed by atoms with Gasteiger partial charge in [0.05, 0.1) is 24.1 Å². The number of aryl methyl sites for hydroxylation is 1. The van der Waals surface area contributed by atoms with E-state index in [9.17, 15) is 9.59 Å². The zero-order valence-corrected chi connectivity index (χ0v) is 11.1. The van der Waals surface area contributed by atoms with Gasteiger partial charge in [0.25, 0.3) is 0 Å². The van der Waals surface area contributed by atoms with Crippen molar-refractivity contribution in [3.05, 3.63) is 38.7 Å². The Kier molecular flexibility index (Phi) is 3.48. The molecule has 19 heavy (non-hydrogen) atoms. The minimum atomic E-state index is -1.09. The number of ether oxygens (including phenoxy) is 1. The largest absolute Gasteiger partial charge is 0.495 e. The van der Waals surface area contributed by atoms with Gasteiger partial charge in [0.15, 0.2) is 0 Å². The molecule has 0 unspecified atom stereocenters. The van der Waals surface area contributed by atoms with Crippen molar-refractivity contribution in [2.75, 3.05) is 7.11 Å². The summed E-state index contributed by atoms with van der Waals surface area (Å²) in [5.74, 6) is -0.697. The second-order valence-electron chi connectivity index (χ2n) is 4.05. The van der Waals surface area contributed by atoms with Crippen LogP contribution in [0.1, 0.15) is 11.1 Å². The summed E-state index contributed by atoms with van der Waals surface area (Å²) in [5, 5.41) is 9.77. The highest BCUT2D eigenvalue weighted by Crippen LogP contribution is 2.31. The van der Waals surface area contributed by atoms with Crippen molar-refractivity contribution in [3.8, 4) is 5.75 Å². The third kappa shape index (κ3) is 2.42. The fourth-order valence-electron chi connectivity index (χ4n) is 1.90. The van der Waals surface area contributed by atoms with E-state index in [1.54, 1.807) is 13.0 Å². The van der Waals surface area contributed by atoms with E-state index in [-0.39, 0.29) is 12.0 Å². The van der Waals surface area contributed by atoms with Crippen molar-refractivity contribution in [2.24, 2.45) is 0 Å². The molecule has 0 radical (unpaired) electrons. The lowest BCUT2D eigenvalue weighted by atomic mass is 10.0. The number of methoxy groups -OCH3 is 1. The second kappa shape index (κ2) is 4.93. The fourth-order valence-corrected chi connectivity index (χ4v) is 2.14. The number of halogens is 1. The number of rotatable bonds is 3. The Bertz CT molecular complexity index is 717. The van der Waals surface area contributed by atoms with Crippen molar-refractivity contribution in [1.29, 1.82) is 0 Å². The van der Waals surface area contributed by atoms with Crippen LogP contribution < -0.4 is 10.4 Å². The molecule has 1 aromatic heterocycles. The number of hydrogen-bond acceptors (Lipinski definition) is 4. The Morgan fingerprint density at radius 1 is 1.47 bits per heavy atom. The molecule has 0 amide bonds. The number of carboxylic acid groups (broad SMARTS) is 1. The fraction of sp³-hybridized carbons (Fsp3) is 0.231. The number of carbonyl (C=O) groups is 1. The predicted molar refractivity (Wildman–Crippen MR) is 70.1 cm³/mol. The molecule has 0 aliphatic carbocycles. The molecule has 0 aliphatic heterocycles. The molecule has 0 saturated carbocycles. The maximum absolute atomic E-state index is 11.8. The molecule has 100 valence electrons. The van der Waals surface area contributed by atoms with Crippen LogP contribution in [0.4, 0.5) is 0 Å². The van der Waals surface area contributed by atoms with Crippen LogP contribution in [0.15, 0.2) is 21.3 Å². The first-order chi connectivity index (χ1) is 8.93. The summed E-state index contributed by atoms with van der Waals surface area (Å²) in [5.41, 5.74) is 0.342. The van der Waals surface area contributed by atoms with E-state index in [0.29, 0.717) is 27.3 Å². The summed E-state index contributed by atoms with van der Waals surface area (Å²) in [6.07, 6.45) is -0.381. The highest BCUT2D eigenvalue weighted by Gasteiger charge is 2.16. The Hall–Kier alpha value is -2.01. The molecule has 0 fully saturated rings. The lowest BCUT2D eigenvalue weighted by Crippen LogP contribution is -2.14. The van der Waals surface area contributed by atoms with E-state index < -0.39 is 11.6 Å². The van der Waals surface area contributed by atoms with Crippen molar-refractivity contribution in [3.63, 3.8) is 0 Å². The van der Waals surface area contributed by atoms with Crippen molar-refractivity contribution in [2.45, 2.75) is 13.3 Å². The summed E-state index contributed by atoms with van der Waals surface area (Å²) >= 11 is 6.01. The van der Waals surface area contributed by atoms with Gasteiger partial charge >= 0.3 is 11.6 Å². The lowest BCUT2D eigenvalue weighted by Gasteiger charge is -2.08. The summed E-state index contributed by atoms with van der Waals surface area (Å²) in [6.45, 7) is 1.67. The normalized spacial score (nSPS) is 10.7. The van der Waals surface area contributed by atoms with Gasteiger partial charge in [-0.25, -0.2) is 4.79 Å². The summed E-state index contributed by atoms with van der Waals surface area (Å²) in [7, 11) is 1.46. The molecule has 5 nitrogen and oxygen atoms in total. The number of hydrogen-bond donors (Lipinski definition) is 1. The van der Waals surface area contributed by atoms with E-state index in [0.717, 1.165) is 0 Å². The maximum atomic E-state index is 11.8. The first-order valence-corrected chi connectivity index (χ1v) is 5.83. The van der Waals surface area contributed by atoms with Gasteiger partial charge < -0.3 is 14.3 Å². The first kappa shape index (κ1) is 13.4. The summed E-state index contributed by atoms with van der Waals surface area (Å²) < 4.78 is 10.2. The number of carboxylic acids is 1. The van der Waals surface area contributed by atoms with Gasteiger partial charge in [0.2, 0.25) is 0 Å². The minimum absolute atomic E-state index is 0.126. The van der Waals surface area contributed by atoms with Gasteiger partial charge in [0, 0.05) is 11.5 Å². The zero-order chi connectivity index (χ0) is 14.2. The van der Waals surface area contributed by atoms with Crippen LogP contribution in [0.3, 0.4) is 0 Å². The average molecular weight is 283 g/mol. The smallest absolute Gasteiger partial charge is 0.340 e. The molecule has 1 heterocycles. The van der Waals surface area contributed by atoms with E-state index >= 15 is 0 Å². The van der Waals surface area contributed by atoms with Crippen molar-refractivity contribution in [1.82, 2.24) is 0 Å². The summed E-state index contributed by atoms with van der Waals surface area (Å²) in [6, 6.07) is 3.11. The Labute approximate surface area is 113 Å². The molecule has 1 N–H and O–H groups in total. The third-order valence-electron chi connectivity index (χ3n) is 2.89. The number of aliphatic carboxylic acids is 1. The molecule has 0 bridgehead atoms. The quantitative estimate of drug-likeness (QED) is 0.875. The lowest BCUT2D eigenvalue weighted by molar-refractivity contribution is -0.136. The molecular weight excluding hydrogens is 272 g/mol. The van der Waals surface area contributed by atoms with E-state index in [4.69, 9.17) is 25.9 Å². The molecule has 0 spiro atoms. The van der Waals surface area contributed by atoms with E-state index in [1.807, 2.05) is 0 Å². The van der Waals surface area contributed by atoms with E-state index in [1.165, 1.54) is 13.2 Å². The van der Waals surface area contributed by atoms with Crippen LogP contribution in [-0.2, 0) is 11.2 Å². The van der Waals surface area contributed by atoms with Gasteiger partial charge in [-0.3, -0.25) is 4.79 Å². The molecule has 2 aromatic rings. The monoisotopic (exact) mass is 282 g/mol.